The average molecular weight is 450 g/mol. The van der Waals surface area contributed by atoms with E-state index in [2.05, 4.69) is 41.3 Å². The molecule has 0 aliphatic rings. The largest absolute Gasteiger partial charge is 0.353 e. The number of hydrogen-bond acceptors (Lipinski definition) is 3. The molecule has 2 N–H and O–H groups in total. The van der Waals surface area contributed by atoms with Gasteiger partial charge in [0.1, 0.15) is 6.54 Å². The second-order valence-electron chi connectivity index (χ2n) is 5.34. The van der Waals surface area contributed by atoms with Crippen molar-refractivity contribution in [1.29, 1.82) is 0 Å². The first-order chi connectivity index (χ1) is 10.4. The third kappa shape index (κ3) is 8.95. The molecule has 0 spiro atoms. The monoisotopic (exact) mass is 450 g/mol. The number of amides is 1. The fraction of sp³-hybridized carbons (Fsp3) is 0.500. The van der Waals surface area contributed by atoms with Gasteiger partial charge in [0.25, 0.3) is 0 Å². The Kier molecular flexibility index (Phi) is 10.9. The Morgan fingerprint density at radius 3 is 2.48 bits per heavy atom. The van der Waals surface area contributed by atoms with E-state index in [1.54, 1.807) is 25.4 Å². The van der Waals surface area contributed by atoms with Crippen LogP contribution in [-0.2, 0) is 17.8 Å². The second-order valence-corrected chi connectivity index (χ2v) is 6.59. The van der Waals surface area contributed by atoms with Gasteiger partial charge in [0.2, 0.25) is 5.91 Å². The quantitative estimate of drug-likeness (QED) is 0.291. The molecule has 0 saturated carbocycles. The van der Waals surface area contributed by atoms with E-state index in [9.17, 15) is 4.79 Å². The molecule has 0 unspecified atom stereocenters. The van der Waals surface area contributed by atoms with E-state index >= 15 is 0 Å². The molecule has 0 atom stereocenters. The lowest BCUT2D eigenvalue weighted by Gasteiger charge is -2.13. The Hall–Kier alpha value is -1.09. The number of carbonyl (C=O) groups excluding carboxylic acids is 1. The van der Waals surface area contributed by atoms with Gasteiger partial charge >= 0.3 is 0 Å². The summed E-state index contributed by atoms with van der Waals surface area (Å²) in [5, 5.41) is 6.44. The van der Waals surface area contributed by atoms with Crippen molar-refractivity contribution in [2.45, 2.75) is 26.8 Å². The van der Waals surface area contributed by atoms with E-state index in [0.29, 0.717) is 19.0 Å². The van der Waals surface area contributed by atoms with Gasteiger partial charge in [0.15, 0.2) is 5.96 Å². The van der Waals surface area contributed by atoms with E-state index < -0.39 is 0 Å². The number of halogens is 1. The first-order valence-corrected chi connectivity index (χ1v) is 8.18. The Bertz CT molecular complexity index is 540. The first kappa shape index (κ1) is 21.9. The van der Waals surface area contributed by atoms with Gasteiger partial charge in [0, 0.05) is 30.4 Å². The number of likely N-dealkylation sites (N-methyl/N-ethyl adjacent to an activating group) is 1. The molecule has 0 saturated heterocycles. The van der Waals surface area contributed by atoms with Crippen LogP contribution in [-0.4, -0.2) is 44.0 Å². The minimum Gasteiger partial charge on any atom is -0.353 e. The zero-order chi connectivity index (χ0) is 16.5. The smallest absolute Gasteiger partial charge is 0.243 e. The molecule has 7 heteroatoms. The molecule has 5 nitrogen and oxygen atoms in total. The van der Waals surface area contributed by atoms with E-state index in [1.807, 2.05) is 6.92 Å². The van der Waals surface area contributed by atoms with Crippen molar-refractivity contribution >= 4 is 47.2 Å². The Balaban J connectivity index is 0.00000484. The summed E-state index contributed by atoms with van der Waals surface area (Å²) in [6, 6.07) is 4.27. The van der Waals surface area contributed by atoms with Gasteiger partial charge in [-0.05, 0) is 25.5 Å². The van der Waals surface area contributed by atoms with Crippen LogP contribution in [0.2, 0.25) is 0 Å². The van der Waals surface area contributed by atoms with E-state index in [4.69, 9.17) is 0 Å². The maximum Gasteiger partial charge on any atom is 0.243 e. The zero-order valence-corrected chi connectivity index (χ0v) is 17.5. The molecule has 23 heavy (non-hydrogen) atoms. The summed E-state index contributed by atoms with van der Waals surface area (Å²) in [7, 11) is 3.45. The SMILES string of the molecule is C=C(C)CNC(=NCC(=O)N(C)C)NCc1ccc(CC)s1.I. The maximum atomic E-state index is 11.6. The van der Waals surface area contributed by atoms with E-state index in [1.165, 1.54) is 14.7 Å². The molecule has 0 aliphatic heterocycles. The van der Waals surface area contributed by atoms with Gasteiger partial charge in [-0.15, -0.1) is 35.3 Å². The van der Waals surface area contributed by atoms with Gasteiger partial charge < -0.3 is 15.5 Å². The normalized spacial score (nSPS) is 10.7. The molecular formula is C16H27IN4OS. The van der Waals surface area contributed by atoms with Crippen molar-refractivity contribution in [3.05, 3.63) is 34.0 Å². The summed E-state index contributed by atoms with van der Waals surface area (Å²) >= 11 is 1.79. The molecule has 1 aromatic rings. The molecule has 0 bridgehead atoms. The van der Waals surface area contributed by atoms with E-state index in [0.717, 1.165) is 12.0 Å². The van der Waals surface area contributed by atoms with Crippen molar-refractivity contribution in [3.8, 4) is 0 Å². The van der Waals surface area contributed by atoms with Crippen molar-refractivity contribution in [2.24, 2.45) is 4.99 Å². The number of aryl methyl sites for hydroxylation is 1. The molecule has 130 valence electrons. The van der Waals surface area contributed by atoms with Gasteiger partial charge in [-0.2, -0.15) is 0 Å². The summed E-state index contributed by atoms with van der Waals surface area (Å²) in [6.45, 7) is 9.42. The highest BCUT2D eigenvalue weighted by Gasteiger charge is 2.05. The van der Waals surface area contributed by atoms with Gasteiger partial charge in [-0.3, -0.25) is 4.79 Å². The summed E-state index contributed by atoms with van der Waals surface area (Å²) in [6.07, 6.45) is 1.05. The van der Waals surface area contributed by atoms with Crippen molar-refractivity contribution in [3.63, 3.8) is 0 Å². The van der Waals surface area contributed by atoms with Crippen LogP contribution >= 0.6 is 35.3 Å². The number of guanidine groups is 1. The molecule has 1 amide bonds. The third-order valence-corrected chi connectivity index (χ3v) is 4.15. The highest BCUT2D eigenvalue weighted by Crippen LogP contribution is 2.16. The van der Waals surface area contributed by atoms with Gasteiger partial charge in [-0.25, -0.2) is 4.99 Å². The highest BCUT2D eigenvalue weighted by atomic mass is 127. The molecule has 0 aliphatic carbocycles. The summed E-state index contributed by atoms with van der Waals surface area (Å²) in [5.41, 5.74) is 1.01. The Labute approximate surface area is 160 Å². The fourth-order valence-electron chi connectivity index (χ4n) is 1.58. The molecule has 0 aromatic carbocycles. The molecule has 1 aromatic heterocycles. The maximum absolute atomic E-state index is 11.6. The number of nitrogens with one attached hydrogen (secondary N) is 2. The lowest BCUT2D eigenvalue weighted by atomic mass is 10.3. The van der Waals surface area contributed by atoms with Crippen LogP contribution in [0, 0.1) is 0 Å². The number of hydrogen-bond donors (Lipinski definition) is 2. The minimum absolute atomic E-state index is 0. The predicted octanol–water partition coefficient (Wildman–Crippen LogP) is 2.63. The molecule has 1 rings (SSSR count). The van der Waals surface area contributed by atoms with Crippen LogP contribution in [0.3, 0.4) is 0 Å². The van der Waals surface area contributed by atoms with Crippen LogP contribution in [0.5, 0.6) is 0 Å². The van der Waals surface area contributed by atoms with Gasteiger partial charge in [0.05, 0.1) is 6.54 Å². The first-order valence-electron chi connectivity index (χ1n) is 7.36. The highest BCUT2D eigenvalue weighted by molar-refractivity contribution is 14.0. The van der Waals surface area contributed by atoms with Crippen LogP contribution in [0.15, 0.2) is 29.3 Å². The molecular weight excluding hydrogens is 423 g/mol. The van der Waals surface area contributed by atoms with Crippen LogP contribution in [0.4, 0.5) is 0 Å². The van der Waals surface area contributed by atoms with Crippen molar-refractivity contribution in [2.75, 3.05) is 27.2 Å². The topological polar surface area (TPSA) is 56.7 Å². The minimum atomic E-state index is -0.0270. The van der Waals surface area contributed by atoms with Crippen LogP contribution in [0.1, 0.15) is 23.6 Å². The Morgan fingerprint density at radius 1 is 1.30 bits per heavy atom. The number of thiophene rings is 1. The number of rotatable bonds is 7. The summed E-state index contributed by atoms with van der Waals surface area (Å²) in [4.78, 5) is 20.1. The molecule has 0 fully saturated rings. The van der Waals surface area contributed by atoms with E-state index in [-0.39, 0.29) is 36.4 Å². The zero-order valence-electron chi connectivity index (χ0n) is 14.3. The third-order valence-electron chi connectivity index (χ3n) is 2.92. The van der Waals surface area contributed by atoms with Gasteiger partial charge in [-0.1, -0.05) is 19.1 Å². The summed E-state index contributed by atoms with van der Waals surface area (Å²) < 4.78 is 0. The number of aliphatic imine (C=N–C) groups is 1. The lowest BCUT2D eigenvalue weighted by Crippen LogP contribution is -2.38. The Morgan fingerprint density at radius 2 is 1.96 bits per heavy atom. The van der Waals surface area contributed by atoms with Crippen LogP contribution < -0.4 is 10.6 Å². The number of carbonyl (C=O) groups is 1. The average Bonchev–Trinajstić information content (AvgIpc) is 2.93. The second kappa shape index (κ2) is 11.4. The van der Waals surface area contributed by atoms with Crippen LogP contribution in [0.25, 0.3) is 0 Å². The molecule has 1 heterocycles. The fourth-order valence-corrected chi connectivity index (χ4v) is 2.47. The predicted molar refractivity (Wildman–Crippen MR) is 110 cm³/mol. The van der Waals surface area contributed by atoms with Crippen molar-refractivity contribution < 1.29 is 4.79 Å². The standard InChI is InChI=1S/C16H26N4OS.HI/c1-6-13-7-8-14(22-13)10-18-16(17-9-12(2)3)19-11-15(21)20(4)5;/h7-8H,2,6,9-11H2,1,3-5H3,(H2,17,18,19);1H. The molecule has 0 radical (unpaired) electrons. The summed E-state index contributed by atoms with van der Waals surface area (Å²) in [5.74, 6) is 0.602. The number of nitrogens with zero attached hydrogens (tertiary/aromatic N) is 2. The van der Waals surface area contributed by atoms with Crippen molar-refractivity contribution in [1.82, 2.24) is 15.5 Å². The lowest BCUT2D eigenvalue weighted by molar-refractivity contribution is -0.127.